The number of nitrogens with one attached hydrogen (secondary N) is 1. The molecule has 30 heavy (non-hydrogen) atoms. The van der Waals surface area contributed by atoms with Gasteiger partial charge in [-0.3, -0.25) is 9.78 Å². The van der Waals surface area contributed by atoms with Crippen molar-refractivity contribution in [2.24, 2.45) is 5.73 Å². The molecule has 0 saturated heterocycles. The molecule has 1 saturated carbocycles. The van der Waals surface area contributed by atoms with E-state index in [1.165, 1.54) is 34.1 Å². The molecule has 6 heteroatoms. The number of pyridine rings is 2. The lowest BCUT2D eigenvalue weighted by atomic mass is 10.1. The Bertz CT molecular complexity index is 1000. The summed E-state index contributed by atoms with van der Waals surface area (Å²) in [6.07, 6.45) is 8.55. The van der Waals surface area contributed by atoms with E-state index in [0.29, 0.717) is 0 Å². The zero-order valence-corrected chi connectivity index (χ0v) is 17.3. The number of nitrogens with zero attached hydrogens (tertiary/aromatic N) is 2. The predicted octanol–water partition coefficient (Wildman–Crippen LogP) is 5.41. The van der Waals surface area contributed by atoms with Crippen LogP contribution in [-0.2, 0) is 4.79 Å². The molecule has 4 aromatic rings. The van der Waals surface area contributed by atoms with E-state index in [9.17, 15) is 0 Å². The van der Waals surface area contributed by atoms with Crippen LogP contribution in [0.3, 0.4) is 0 Å². The van der Waals surface area contributed by atoms with E-state index >= 15 is 0 Å². The Morgan fingerprint density at radius 3 is 2.40 bits per heavy atom. The van der Waals surface area contributed by atoms with E-state index in [2.05, 4.69) is 56.8 Å². The van der Waals surface area contributed by atoms with Crippen molar-refractivity contribution in [3.05, 3.63) is 97.0 Å². The molecule has 0 unspecified atom stereocenters. The Balaban J connectivity index is 0.000000152. The number of benzene rings is 2. The minimum atomic E-state index is 0.250. The minimum Gasteiger partial charge on any atom is -0.372 e. The number of amides is 1. The van der Waals surface area contributed by atoms with E-state index in [-0.39, 0.29) is 6.41 Å². The van der Waals surface area contributed by atoms with Crippen LogP contribution >= 0.6 is 11.9 Å². The third-order valence-corrected chi connectivity index (χ3v) is 5.21. The number of rotatable bonds is 4. The molecular formula is C24H24N4OS. The number of nitrogens with two attached hydrogens (primary N) is 1. The van der Waals surface area contributed by atoms with E-state index in [4.69, 9.17) is 4.79 Å². The smallest absolute Gasteiger partial charge is 0.204 e. The van der Waals surface area contributed by atoms with Crippen LogP contribution in [0.15, 0.2) is 96.3 Å². The zero-order valence-electron chi connectivity index (χ0n) is 16.5. The van der Waals surface area contributed by atoms with Crippen LogP contribution in [0.5, 0.6) is 0 Å². The fourth-order valence-electron chi connectivity index (χ4n) is 2.80. The summed E-state index contributed by atoms with van der Waals surface area (Å²) in [7, 11) is 0. The summed E-state index contributed by atoms with van der Waals surface area (Å²) in [5.41, 5.74) is 5.67. The standard InChI is InChI=1S/C12H11N.C11H10N2S.CH3NO/c1-2-9(1)10-3-4-12-8-13-6-5-11(12)7-10;1-2-6-10(7-3-1)14-13-11-8-4-5-9-12-11;2-1-3/h3-9H,1-2H2;1-9H,(H,12,13);1H,(H2,2,3). The summed E-state index contributed by atoms with van der Waals surface area (Å²) >= 11 is 1.56. The van der Waals surface area contributed by atoms with Gasteiger partial charge in [0.2, 0.25) is 6.41 Å². The maximum absolute atomic E-state index is 8.58. The highest BCUT2D eigenvalue weighted by Crippen LogP contribution is 2.40. The van der Waals surface area contributed by atoms with Gasteiger partial charge in [0, 0.05) is 28.9 Å². The van der Waals surface area contributed by atoms with Crippen LogP contribution in [0.25, 0.3) is 10.8 Å². The minimum absolute atomic E-state index is 0.250. The number of anilines is 1. The van der Waals surface area contributed by atoms with Crippen LogP contribution < -0.4 is 10.5 Å². The predicted molar refractivity (Wildman–Crippen MR) is 124 cm³/mol. The highest BCUT2D eigenvalue weighted by molar-refractivity contribution is 8.00. The molecule has 1 amide bonds. The van der Waals surface area contributed by atoms with Crippen LogP contribution in [0.4, 0.5) is 5.82 Å². The Kier molecular flexibility index (Phi) is 8.23. The van der Waals surface area contributed by atoms with Crippen molar-refractivity contribution in [3.8, 4) is 0 Å². The Morgan fingerprint density at radius 1 is 0.933 bits per heavy atom. The van der Waals surface area contributed by atoms with Crippen molar-refractivity contribution in [3.63, 3.8) is 0 Å². The van der Waals surface area contributed by atoms with Gasteiger partial charge < -0.3 is 10.5 Å². The quantitative estimate of drug-likeness (QED) is 0.343. The molecule has 2 aromatic carbocycles. The lowest BCUT2D eigenvalue weighted by Gasteiger charge is -2.02. The molecule has 1 aliphatic rings. The van der Waals surface area contributed by atoms with E-state index < -0.39 is 0 Å². The van der Waals surface area contributed by atoms with Gasteiger partial charge in [0.1, 0.15) is 5.82 Å². The number of aromatic nitrogens is 2. The summed E-state index contributed by atoms with van der Waals surface area (Å²) in [6, 6.07) is 24.7. The van der Waals surface area contributed by atoms with Crippen molar-refractivity contribution in [1.29, 1.82) is 0 Å². The molecule has 0 bridgehead atoms. The third kappa shape index (κ3) is 6.90. The molecule has 1 fully saturated rings. The van der Waals surface area contributed by atoms with Gasteiger partial charge in [-0.15, -0.1) is 0 Å². The van der Waals surface area contributed by atoms with Gasteiger partial charge in [-0.1, -0.05) is 42.5 Å². The first-order valence-corrected chi connectivity index (χ1v) is 10.5. The van der Waals surface area contributed by atoms with Gasteiger partial charge in [0.25, 0.3) is 0 Å². The average Bonchev–Trinajstić information content (AvgIpc) is 3.65. The molecule has 0 radical (unpaired) electrons. The SMILES string of the molecule is NC=O.c1cc2cc(C3CC3)ccc2cn1.c1ccc(SNc2ccccn2)cc1. The first-order valence-electron chi connectivity index (χ1n) is 9.68. The average molecular weight is 417 g/mol. The molecule has 0 atom stereocenters. The van der Waals surface area contributed by atoms with Crippen LogP contribution in [0.1, 0.15) is 24.3 Å². The monoisotopic (exact) mass is 416 g/mol. The third-order valence-electron chi connectivity index (χ3n) is 4.39. The molecular weight excluding hydrogens is 392 g/mol. The van der Waals surface area contributed by atoms with Crippen molar-refractivity contribution in [1.82, 2.24) is 9.97 Å². The molecule has 0 spiro atoms. The van der Waals surface area contributed by atoms with Gasteiger partial charge in [-0.25, -0.2) is 4.98 Å². The highest BCUT2D eigenvalue weighted by atomic mass is 32.2. The van der Waals surface area contributed by atoms with E-state index in [0.717, 1.165) is 11.7 Å². The molecule has 2 aromatic heterocycles. The van der Waals surface area contributed by atoms with E-state index in [1.54, 1.807) is 18.1 Å². The van der Waals surface area contributed by atoms with Gasteiger partial charge in [0.15, 0.2) is 0 Å². The number of carbonyl (C=O) groups is 1. The van der Waals surface area contributed by atoms with Crippen LogP contribution in [0, 0.1) is 0 Å². The number of fused-ring (bicyclic) bond motifs is 1. The van der Waals surface area contributed by atoms with Crippen LogP contribution in [-0.4, -0.2) is 16.4 Å². The maximum Gasteiger partial charge on any atom is 0.204 e. The number of hydrogen-bond acceptors (Lipinski definition) is 5. The molecule has 152 valence electrons. The summed E-state index contributed by atoms with van der Waals surface area (Å²) in [6.45, 7) is 0. The number of carbonyl (C=O) groups excluding carboxylic acids is 1. The normalized spacial score (nSPS) is 12.0. The largest absolute Gasteiger partial charge is 0.372 e. The first-order chi connectivity index (χ1) is 14.8. The Morgan fingerprint density at radius 2 is 1.70 bits per heavy atom. The lowest BCUT2D eigenvalue weighted by Crippen LogP contribution is -1.88. The first kappa shape index (κ1) is 21.3. The molecule has 0 aliphatic heterocycles. The summed E-state index contributed by atoms with van der Waals surface area (Å²) in [5, 5.41) is 2.56. The second kappa shape index (κ2) is 11.6. The summed E-state index contributed by atoms with van der Waals surface area (Å²) in [5.74, 6) is 1.72. The Labute approximate surface area is 180 Å². The van der Waals surface area contributed by atoms with Gasteiger partial charge in [-0.05, 0) is 72.0 Å². The maximum atomic E-state index is 8.58. The van der Waals surface area contributed by atoms with Crippen molar-refractivity contribution >= 4 is 34.9 Å². The molecule has 3 N–H and O–H groups in total. The number of hydrogen-bond donors (Lipinski definition) is 2. The topological polar surface area (TPSA) is 80.9 Å². The van der Waals surface area contributed by atoms with Crippen LogP contribution in [0.2, 0.25) is 0 Å². The van der Waals surface area contributed by atoms with Crippen molar-refractivity contribution in [2.75, 3.05) is 4.72 Å². The fraction of sp³-hybridized carbons (Fsp3) is 0.125. The summed E-state index contributed by atoms with van der Waals surface area (Å²) in [4.78, 5) is 18.0. The molecule has 2 heterocycles. The summed E-state index contributed by atoms with van der Waals surface area (Å²) < 4.78 is 3.17. The second-order valence-corrected chi connectivity index (χ2v) is 7.50. The van der Waals surface area contributed by atoms with Crippen molar-refractivity contribution < 1.29 is 4.79 Å². The lowest BCUT2D eigenvalue weighted by molar-refractivity contribution is -0.106. The van der Waals surface area contributed by atoms with Gasteiger partial charge >= 0.3 is 0 Å². The highest BCUT2D eigenvalue weighted by Gasteiger charge is 2.23. The number of primary amides is 1. The van der Waals surface area contributed by atoms with Gasteiger partial charge in [-0.2, -0.15) is 0 Å². The zero-order chi connectivity index (χ0) is 21.0. The fourth-order valence-corrected chi connectivity index (χ4v) is 3.43. The Hall–Kier alpha value is -3.38. The molecule has 5 rings (SSSR count). The molecule has 5 nitrogen and oxygen atoms in total. The van der Waals surface area contributed by atoms with Crippen molar-refractivity contribution in [2.45, 2.75) is 23.7 Å². The molecule has 1 aliphatic carbocycles. The second-order valence-electron chi connectivity index (χ2n) is 6.62. The van der Waals surface area contributed by atoms with E-state index in [1.807, 2.05) is 48.8 Å². The van der Waals surface area contributed by atoms with Gasteiger partial charge in [0.05, 0.1) is 0 Å².